The van der Waals surface area contributed by atoms with Crippen LogP contribution in [0.1, 0.15) is 29.7 Å². The number of hydrogen-bond donors (Lipinski definition) is 2. The molecule has 22 heavy (non-hydrogen) atoms. The maximum absolute atomic E-state index is 12.0. The number of nitrogens with zero attached hydrogens (tertiary/aromatic N) is 2. The number of carbonyl (C=O) groups excluding carboxylic acids is 1. The fourth-order valence-corrected chi connectivity index (χ4v) is 3.38. The Labute approximate surface area is 136 Å². The van der Waals surface area contributed by atoms with Gasteiger partial charge in [0.05, 0.1) is 13.2 Å². The number of likely N-dealkylation sites (tertiary alicyclic amines) is 1. The number of hydrogen-bond acceptors (Lipinski definition) is 5. The highest BCUT2D eigenvalue weighted by atomic mass is 32.1. The number of methoxy groups -OCH3 is 1. The zero-order valence-electron chi connectivity index (χ0n) is 13.4. The van der Waals surface area contributed by atoms with E-state index in [9.17, 15) is 4.79 Å². The maximum Gasteiger partial charge on any atom is 0.315 e. The van der Waals surface area contributed by atoms with Gasteiger partial charge in [0.15, 0.2) is 0 Å². The Bertz CT molecular complexity index is 466. The number of rotatable bonds is 7. The Morgan fingerprint density at radius 1 is 1.59 bits per heavy atom. The molecule has 0 aromatic carbocycles. The van der Waals surface area contributed by atoms with Crippen LogP contribution in [-0.4, -0.2) is 55.3 Å². The molecule has 1 atom stereocenters. The van der Waals surface area contributed by atoms with Gasteiger partial charge in [-0.3, -0.25) is 4.90 Å². The van der Waals surface area contributed by atoms with Crippen molar-refractivity contribution in [3.05, 3.63) is 16.1 Å². The van der Waals surface area contributed by atoms with Crippen LogP contribution in [0.25, 0.3) is 0 Å². The zero-order chi connectivity index (χ0) is 15.8. The predicted molar refractivity (Wildman–Crippen MR) is 88.2 cm³/mol. The molecular formula is C15H26N4O2S. The van der Waals surface area contributed by atoms with Gasteiger partial charge in [0.25, 0.3) is 0 Å². The van der Waals surface area contributed by atoms with Crippen LogP contribution in [0.3, 0.4) is 0 Å². The van der Waals surface area contributed by atoms with Crippen LogP contribution in [0, 0.1) is 0 Å². The number of amides is 2. The molecule has 124 valence electrons. The molecule has 1 saturated heterocycles. The van der Waals surface area contributed by atoms with E-state index >= 15 is 0 Å². The summed E-state index contributed by atoms with van der Waals surface area (Å²) in [6, 6.07) is 0.111. The van der Waals surface area contributed by atoms with Crippen molar-refractivity contribution in [2.75, 3.05) is 33.4 Å². The van der Waals surface area contributed by atoms with Gasteiger partial charge >= 0.3 is 6.03 Å². The first-order chi connectivity index (χ1) is 10.7. The van der Waals surface area contributed by atoms with Gasteiger partial charge in [-0.05, 0) is 25.8 Å². The Kier molecular flexibility index (Phi) is 7.08. The molecule has 1 aromatic rings. The Morgan fingerprint density at radius 3 is 3.18 bits per heavy atom. The molecule has 2 heterocycles. The highest BCUT2D eigenvalue weighted by Crippen LogP contribution is 2.13. The third kappa shape index (κ3) is 5.55. The van der Waals surface area contributed by atoms with E-state index in [0.29, 0.717) is 6.54 Å². The Balaban J connectivity index is 1.69. The molecule has 0 spiro atoms. The molecule has 0 unspecified atom stereocenters. The summed E-state index contributed by atoms with van der Waals surface area (Å²) >= 11 is 1.65. The van der Waals surface area contributed by atoms with Crippen LogP contribution in [-0.2, 0) is 17.7 Å². The second-order valence-electron chi connectivity index (χ2n) is 5.53. The molecule has 0 bridgehead atoms. The van der Waals surface area contributed by atoms with Crippen molar-refractivity contribution in [1.29, 1.82) is 0 Å². The summed E-state index contributed by atoms with van der Waals surface area (Å²) in [5.74, 6) is 0. The highest BCUT2D eigenvalue weighted by molar-refractivity contribution is 7.11. The fraction of sp³-hybridized carbons (Fsp3) is 0.733. The standard InChI is InChI=1S/C15H26N4O2S/c1-3-13-9-16-14(22-13)10-17-15(20)18-12-5-4-6-19(11-12)7-8-21-2/h9,12H,3-8,10-11H2,1-2H3,(H2,17,18,20)/t12-/m0/s1. The van der Waals surface area contributed by atoms with Crippen LogP contribution < -0.4 is 10.6 Å². The van der Waals surface area contributed by atoms with Crippen molar-refractivity contribution in [3.8, 4) is 0 Å². The van der Waals surface area contributed by atoms with Crippen molar-refractivity contribution in [3.63, 3.8) is 0 Å². The monoisotopic (exact) mass is 326 g/mol. The first-order valence-electron chi connectivity index (χ1n) is 7.90. The lowest BCUT2D eigenvalue weighted by Crippen LogP contribution is -2.50. The summed E-state index contributed by atoms with van der Waals surface area (Å²) in [7, 11) is 1.72. The second-order valence-corrected chi connectivity index (χ2v) is 6.73. The number of aromatic nitrogens is 1. The van der Waals surface area contributed by atoms with Gasteiger partial charge in [-0.25, -0.2) is 9.78 Å². The first-order valence-corrected chi connectivity index (χ1v) is 8.72. The number of nitrogens with one attached hydrogen (secondary N) is 2. The van der Waals surface area contributed by atoms with Gasteiger partial charge in [0, 0.05) is 37.3 Å². The van der Waals surface area contributed by atoms with E-state index in [4.69, 9.17) is 4.74 Å². The predicted octanol–water partition coefficient (Wildman–Crippen LogP) is 1.62. The lowest BCUT2D eigenvalue weighted by Gasteiger charge is -2.32. The smallest absolute Gasteiger partial charge is 0.315 e. The highest BCUT2D eigenvalue weighted by Gasteiger charge is 2.20. The van der Waals surface area contributed by atoms with E-state index in [-0.39, 0.29) is 12.1 Å². The lowest BCUT2D eigenvalue weighted by atomic mass is 10.1. The SMILES string of the molecule is CCc1cnc(CNC(=O)N[C@H]2CCCN(CCOC)C2)s1. The third-order valence-electron chi connectivity index (χ3n) is 3.80. The fourth-order valence-electron chi connectivity index (χ4n) is 2.58. The van der Waals surface area contributed by atoms with Crippen LogP contribution >= 0.6 is 11.3 Å². The quantitative estimate of drug-likeness (QED) is 0.799. The number of carbonyl (C=O) groups is 1. The van der Waals surface area contributed by atoms with Crippen LogP contribution in [0.15, 0.2) is 6.20 Å². The van der Waals surface area contributed by atoms with Crippen molar-refractivity contribution < 1.29 is 9.53 Å². The Morgan fingerprint density at radius 2 is 2.45 bits per heavy atom. The van der Waals surface area contributed by atoms with E-state index in [1.807, 2.05) is 6.20 Å². The topological polar surface area (TPSA) is 66.5 Å². The number of urea groups is 1. The molecule has 1 fully saturated rings. The minimum absolute atomic E-state index is 0.105. The maximum atomic E-state index is 12.0. The third-order valence-corrected chi connectivity index (χ3v) is 4.94. The minimum Gasteiger partial charge on any atom is -0.383 e. The molecule has 1 aromatic heterocycles. The normalized spacial score (nSPS) is 19.1. The molecule has 2 amide bonds. The van der Waals surface area contributed by atoms with Crippen molar-refractivity contribution >= 4 is 17.4 Å². The Hall–Kier alpha value is -1.18. The molecular weight excluding hydrogens is 300 g/mol. The molecule has 0 radical (unpaired) electrons. The summed E-state index contributed by atoms with van der Waals surface area (Å²) < 4.78 is 5.11. The summed E-state index contributed by atoms with van der Waals surface area (Å²) in [4.78, 5) is 19.9. The molecule has 1 aliphatic rings. The van der Waals surface area contributed by atoms with Gasteiger partial charge in [0.1, 0.15) is 5.01 Å². The molecule has 7 heteroatoms. The van der Waals surface area contributed by atoms with Crippen molar-refractivity contribution in [1.82, 2.24) is 20.5 Å². The van der Waals surface area contributed by atoms with Crippen molar-refractivity contribution in [2.45, 2.75) is 38.8 Å². The summed E-state index contributed by atoms with van der Waals surface area (Å²) in [5, 5.41) is 6.91. The van der Waals surface area contributed by atoms with Crippen LogP contribution in [0.5, 0.6) is 0 Å². The van der Waals surface area contributed by atoms with Crippen molar-refractivity contribution in [2.24, 2.45) is 0 Å². The summed E-state index contributed by atoms with van der Waals surface area (Å²) in [5.41, 5.74) is 0. The molecule has 1 aliphatic heterocycles. The van der Waals surface area contributed by atoms with E-state index in [2.05, 4.69) is 27.4 Å². The van der Waals surface area contributed by atoms with Gasteiger partial charge < -0.3 is 15.4 Å². The van der Waals surface area contributed by atoms with E-state index in [1.165, 1.54) is 4.88 Å². The second kappa shape index (κ2) is 9.07. The number of thiazole rings is 1. The number of piperidine rings is 1. The average molecular weight is 326 g/mol. The van der Waals surface area contributed by atoms with Gasteiger partial charge in [0.2, 0.25) is 0 Å². The van der Waals surface area contributed by atoms with E-state index in [0.717, 1.165) is 50.5 Å². The van der Waals surface area contributed by atoms with Gasteiger partial charge in [-0.1, -0.05) is 6.92 Å². The van der Waals surface area contributed by atoms with Gasteiger partial charge in [-0.15, -0.1) is 11.3 Å². The largest absolute Gasteiger partial charge is 0.383 e. The lowest BCUT2D eigenvalue weighted by molar-refractivity contribution is 0.123. The first kappa shape index (κ1) is 17.2. The molecule has 2 N–H and O–H groups in total. The van der Waals surface area contributed by atoms with Crippen LogP contribution in [0.2, 0.25) is 0 Å². The molecule has 6 nitrogen and oxygen atoms in total. The van der Waals surface area contributed by atoms with E-state index in [1.54, 1.807) is 18.4 Å². The summed E-state index contributed by atoms with van der Waals surface area (Å²) in [6.07, 6.45) is 5.02. The average Bonchev–Trinajstić information content (AvgIpc) is 2.99. The summed E-state index contributed by atoms with van der Waals surface area (Å²) in [6.45, 7) is 6.25. The molecule has 0 saturated carbocycles. The van der Waals surface area contributed by atoms with Crippen LogP contribution in [0.4, 0.5) is 4.79 Å². The molecule has 2 rings (SSSR count). The molecule has 0 aliphatic carbocycles. The number of aryl methyl sites for hydroxylation is 1. The zero-order valence-corrected chi connectivity index (χ0v) is 14.2. The van der Waals surface area contributed by atoms with Gasteiger partial charge in [-0.2, -0.15) is 0 Å². The minimum atomic E-state index is -0.105. The van der Waals surface area contributed by atoms with E-state index < -0.39 is 0 Å². The number of ether oxygens (including phenoxy) is 1.